The number of hydrogen-bond acceptors (Lipinski definition) is 5. The van der Waals surface area contributed by atoms with Crippen molar-refractivity contribution in [2.75, 3.05) is 0 Å². The van der Waals surface area contributed by atoms with Gasteiger partial charge in [-0.2, -0.15) is 18.3 Å². The van der Waals surface area contributed by atoms with Crippen LogP contribution in [0.3, 0.4) is 0 Å². The molecule has 0 bridgehead atoms. The molecule has 0 saturated heterocycles. The van der Waals surface area contributed by atoms with Gasteiger partial charge in [-0.25, -0.2) is 18.7 Å². The van der Waals surface area contributed by atoms with Crippen LogP contribution in [0.2, 0.25) is 0 Å². The molecule has 2 unspecified atom stereocenters. The number of nitrogens with zero attached hydrogens (tertiary/aromatic N) is 5. The van der Waals surface area contributed by atoms with Gasteiger partial charge in [0.05, 0.1) is 29.9 Å². The highest BCUT2D eigenvalue weighted by molar-refractivity contribution is 5.92. The van der Waals surface area contributed by atoms with Crippen LogP contribution in [0.1, 0.15) is 85.3 Å². The van der Waals surface area contributed by atoms with E-state index in [1.807, 2.05) is 0 Å². The quantitative estimate of drug-likeness (QED) is 0.366. The zero-order valence-corrected chi connectivity index (χ0v) is 21.8. The van der Waals surface area contributed by atoms with Crippen molar-refractivity contribution in [2.24, 2.45) is 18.9 Å². The van der Waals surface area contributed by atoms with Gasteiger partial charge in [-0.15, -0.1) is 0 Å². The minimum absolute atomic E-state index is 0.0639. The molecule has 2 saturated carbocycles. The zero-order valence-electron chi connectivity index (χ0n) is 21.8. The molecule has 216 valence electrons. The summed E-state index contributed by atoms with van der Waals surface area (Å²) in [6.45, 7) is 0. The molecule has 40 heavy (non-hydrogen) atoms. The molecule has 0 radical (unpaired) electrons. The van der Waals surface area contributed by atoms with Crippen LogP contribution in [0.15, 0.2) is 30.7 Å². The van der Waals surface area contributed by atoms with Crippen LogP contribution in [0, 0.1) is 11.8 Å². The van der Waals surface area contributed by atoms with E-state index < -0.39 is 48.8 Å². The summed E-state index contributed by atoms with van der Waals surface area (Å²) in [5.74, 6) is -3.81. The number of fused-ring (bicyclic) bond motifs is 1. The summed E-state index contributed by atoms with van der Waals surface area (Å²) in [6, 6.07) is 2.02. The van der Waals surface area contributed by atoms with E-state index in [2.05, 4.69) is 25.7 Å². The van der Waals surface area contributed by atoms with Gasteiger partial charge in [0.1, 0.15) is 5.69 Å². The van der Waals surface area contributed by atoms with Crippen molar-refractivity contribution in [3.63, 3.8) is 0 Å². The van der Waals surface area contributed by atoms with Gasteiger partial charge in [0.2, 0.25) is 17.6 Å². The molecule has 9 nitrogen and oxygen atoms in total. The number of halogens is 5. The first-order valence-corrected chi connectivity index (χ1v) is 13.3. The van der Waals surface area contributed by atoms with E-state index in [0.717, 1.165) is 12.8 Å². The Bertz CT molecular complexity index is 1370. The zero-order chi connectivity index (χ0) is 28.7. The molecule has 3 heterocycles. The van der Waals surface area contributed by atoms with Crippen LogP contribution in [0.25, 0.3) is 5.78 Å². The average molecular weight is 568 g/mol. The van der Waals surface area contributed by atoms with Gasteiger partial charge in [-0.3, -0.25) is 18.7 Å². The summed E-state index contributed by atoms with van der Waals surface area (Å²) >= 11 is 0. The second kappa shape index (κ2) is 10.8. The second-order valence-corrected chi connectivity index (χ2v) is 10.7. The van der Waals surface area contributed by atoms with E-state index in [9.17, 15) is 31.5 Å². The SMILES string of the molecule is Cn1nccc1C(=O)NC(c1cn2ccc(C(NC(=O)CCC(F)(F)F)C3CC3)nc2n1)C1CCC(F)(F)CC1. The fraction of sp³-hybridized carbons (Fsp3) is 0.577. The molecule has 2 fully saturated rings. The predicted octanol–water partition coefficient (Wildman–Crippen LogP) is 4.67. The molecular formula is C26H30F5N7O2. The van der Waals surface area contributed by atoms with Crippen molar-refractivity contribution < 1.29 is 31.5 Å². The summed E-state index contributed by atoms with van der Waals surface area (Å²) in [5, 5.41) is 9.66. The Kier molecular flexibility index (Phi) is 7.53. The lowest BCUT2D eigenvalue weighted by molar-refractivity contribution is -0.144. The van der Waals surface area contributed by atoms with E-state index >= 15 is 0 Å². The maximum Gasteiger partial charge on any atom is 0.389 e. The van der Waals surface area contributed by atoms with Crippen LogP contribution in [0.5, 0.6) is 0 Å². The first-order chi connectivity index (χ1) is 18.9. The van der Waals surface area contributed by atoms with Crippen molar-refractivity contribution in [1.82, 2.24) is 34.8 Å². The maximum absolute atomic E-state index is 13.9. The largest absolute Gasteiger partial charge is 0.389 e. The highest BCUT2D eigenvalue weighted by Crippen LogP contribution is 2.42. The van der Waals surface area contributed by atoms with Crippen LogP contribution in [-0.4, -0.2) is 48.1 Å². The number of rotatable bonds is 9. The Morgan fingerprint density at radius 1 is 1.02 bits per heavy atom. The first-order valence-electron chi connectivity index (χ1n) is 13.3. The fourth-order valence-electron chi connectivity index (χ4n) is 5.23. The van der Waals surface area contributed by atoms with E-state index in [1.165, 1.54) is 10.9 Å². The molecular weight excluding hydrogens is 537 g/mol. The van der Waals surface area contributed by atoms with Crippen LogP contribution in [-0.2, 0) is 11.8 Å². The molecule has 5 rings (SSSR count). The number of carbonyl (C=O) groups is 2. The summed E-state index contributed by atoms with van der Waals surface area (Å²) < 4.78 is 68.6. The lowest BCUT2D eigenvalue weighted by Gasteiger charge is -2.33. The number of hydrogen-bond donors (Lipinski definition) is 2. The van der Waals surface area contributed by atoms with E-state index in [-0.39, 0.29) is 43.3 Å². The highest BCUT2D eigenvalue weighted by atomic mass is 19.4. The van der Waals surface area contributed by atoms with E-state index in [1.54, 1.807) is 36.0 Å². The second-order valence-electron chi connectivity index (χ2n) is 10.7. The fourth-order valence-corrected chi connectivity index (χ4v) is 5.23. The van der Waals surface area contributed by atoms with Gasteiger partial charge in [0.15, 0.2) is 0 Å². The lowest BCUT2D eigenvalue weighted by Crippen LogP contribution is -2.38. The summed E-state index contributed by atoms with van der Waals surface area (Å²) in [7, 11) is 1.62. The molecule has 3 aromatic rings. The van der Waals surface area contributed by atoms with Gasteiger partial charge in [-0.05, 0) is 49.7 Å². The van der Waals surface area contributed by atoms with Gasteiger partial charge >= 0.3 is 6.18 Å². The topological polar surface area (TPSA) is 106 Å². The molecule has 2 amide bonds. The third kappa shape index (κ3) is 6.58. The number of aryl methyl sites for hydroxylation is 1. The Labute approximate surface area is 226 Å². The minimum atomic E-state index is -4.42. The number of alkyl halides is 5. The maximum atomic E-state index is 13.9. The van der Waals surface area contributed by atoms with Crippen molar-refractivity contribution in [3.8, 4) is 0 Å². The lowest BCUT2D eigenvalue weighted by atomic mass is 9.81. The van der Waals surface area contributed by atoms with E-state index in [0.29, 0.717) is 17.1 Å². The van der Waals surface area contributed by atoms with Gasteiger partial charge in [0, 0.05) is 44.9 Å². The Balaban J connectivity index is 1.39. The van der Waals surface area contributed by atoms with Crippen LogP contribution >= 0.6 is 0 Å². The smallest absolute Gasteiger partial charge is 0.347 e. The number of amides is 2. The molecule has 0 aromatic carbocycles. The monoisotopic (exact) mass is 567 g/mol. The number of nitrogens with one attached hydrogen (secondary N) is 2. The number of aromatic nitrogens is 5. The summed E-state index contributed by atoms with van der Waals surface area (Å²) in [4.78, 5) is 34.5. The summed E-state index contributed by atoms with van der Waals surface area (Å²) in [5.41, 5.74) is 1.23. The van der Waals surface area contributed by atoms with Crippen molar-refractivity contribution in [2.45, 2.75) is 75.5 Å². The standard InChI is InChI=1S/C26H30F5N7O2/c1-37-19(7-12-32-37)23(40)36-22(16-4-9-25(27,28)10-5-16)18-14-38-13-8-17(33-24(38)34-18)21(15-2-3-15)35-20(39)6-11-26(29,30)31/h7-8,12-16,21-22H,2-6,9-11H2,1H3,(H,35,39)(H,36,40). The van der Waals surface area contributed by atoms with Gasteiger partial charge in [0.25, 0.3) is 5.91 Å². The number of carbonyl (C=O) groups excluding carboxylic acids is 2. The van der Waals surface area contributed by atoms with Crippen LogP contribution in [0.4, 0.5) is 22.0 Å². The Hall–Kier alpha value is -3.58. The van der Waals surface area contributed by atoms with Crippen molar-refractivity contribution >= 4 is 17.6 Å². The Morgan fingerprint density at radius 3 is 2.30 bits per heavy atom. The number of imidazole rings is 1. The van der Waals surface area contributed by atoms with E-state index in [4.69, 9.17) is 0 Å². The normalized spacial score (nSPS) is 19.4. The first kappa shape index (κ1) is 28.0. The molecule has 14 heteroatoms. The minimum Gasteiger partial charge on any atom is -0.347 e. The molecule has 2 aliphatic carbocycles. The van der Waals surface area contributed by atoms with Gasteiger partial charge < -0.3 is 10.6 Å². The van der Waals surface area contributed by atoms with Crippen molar-refractivity contribution in [1.29, 1.82) is 0 Å². The van der Waals surface area contributed by atoms with Crippen LogP contribution < -0.4 is 10.6 Å². The third-order valence-electron chi connectivity index (χ3n) is 7.62. The summed E-state index contributed by atoms with van der Waals surface area (Å²) in [6.07, 6.45) is -0.00491. The Morgan fingerprint density at radius 2 is 1.68 bits per heavy atom. The molecule has 3 aromatic heterocycles. The average Bonchev–Trinajstić information content (AvgIpc) is 3.49. The predicted molar refractivity (Wildman–Crippen MR) is 132 cm³/mol. The molecule has 2 aliphatic rings. The molecule has 0 aliphatic heterocycles. The highest BCUT2D eigenvalue weighted by Gasteiger charge is 2.40. The van der Waals surface area contributed by atoms with Crippen molar-refractivity contribution in [3.05, 3.63) is 47.8 Å². The molecule has 0 spiro atoms. The third-order valence-corrected chi connectivity index (χ3v) is 7.62. The molecule has 2 N–H and O–H groups in total. The van der Waals surface area contributed by atoms with Gasteiger partial charge in [-0.1, -0.05) is 0 Å². The molecule has 2 atom stereocenters.